The lowest BCUT2D eigenvalue weighted by Gasteiger charge is -2.13. The highest BCUT2D eigenvalue weighted by Gasteiger charge is 2.14. The Morgan fingerprint density at radius 1 is 1.35 bits per heavy atom. The smallest absolute Gasteiger partial charge is 0.141 e. The molecule has 1 aliphatic carbocycles. The van der Waals surface area contributed by atoms with Gasteiger partial charge in [-0.05, 0) is 32.2 Å². The summed E-state index contributed by atoms with van der Waals surface area (Å²) in [4.78, 5) is 4.07. The molecule has 1 aromatic heterocycles. The van der Waals surface area contributed by atoms with Gasteiger partial charge in [0.05, 0.1) is 12.3 Å². The molecular weight excluding hydrogens is 252 g/mol. The van der Waals surface area contributed by atoms with Gasteiger partial charge in [-0.1, -0.05) is 25.7 Å². The highest BCUT2D eigenvalue weighted by molar-refractivity contribution is 5.40. The van der Waals surface area contributed by atoms with Crippen molar-refractivity contribution < 1.29 is 10.2 Å². The summed E-state index contributed by atoms with van der Waals surface area (Å²) < 4.78 is 0. The van der Waals surface area contributed by atoms with Crippen molar-refractivity contribution >= 4 is 0 Å². The Morgan fingerprint density at radius 3 is 2.80 bits per heavy atom. The molecule has 4 nitrogen and oxygen atoms in total. The fourth-order valence-electron chi connectivity index (χ4n) is 3.05. The van der Waals surface area contributed by atoms with Gasteiger partial charge in [-0.15, -0.1) is 0 Å². The van der Waals surface area contributed by atoms with E-state index in [-0.39, 0.29) is 12.4 Å². The van der Waals surface area contributed by atoms with Gasteiger partial charge in [0, 0.05) is 23.9 Å². The summed E-state index contributed by atoms with van der Waals surface area (Å²) >= 11 is 0. The first-order valence-electron chi connectivity index (χ1n) is 7.70. The normalized spacial score (nSPS) is 15.9. The molecule has 0 radical (unpaired) electrons. The van der Waals surface area contributed by atoms with Crippen molar-refractivity contribution in [1.29, 1.82) is 0 Å². The van der Waals surface area contributed by atoms with Crippen molar-refractivity contribution in [2.45, 2.75) is 58.6 Å². The summed E-state index contributed by atoms with van der Waals surface area (Å²) in [6, 6.07) is 0. The maximum Gasteiger partial charge on any atom is 0.141 e. The molecule has 112 valence electrons. The maximum atomic E-state index is 10.0. The lowest BCUT2D eigenvalue weighted by molar-refractivity contribution is 0.278. The zero-order valence-electron chi connectivity index (χ0n) is 12.4. The molecule has 1 fully saturated rings. The van der Waals surface area contributed by atoms with E-state index in [2.05, 4.69) is 10.3 Å². The second kappa shape index (κ2) is 7.60. The number of nitrogens with zero attached hydrogens (tertiary/aromatic N) is 1. The fraction of sp³-hybridized carbons (Fsp3) is 0.688. The van der Waals surface area contributed by atoms with Gasteiger partial charge in [-0.2, -0.15) is 0 Å². The van der Waals surface area contributed by atoms with Crippen LogP contribution in [0.25, 0.3) is 0 Å². The number of nitrogens with one attached hydrogen (secondary N) is 1. The zero-order chi connectivity index (χ0) is 14.4. The van der Waals surface area contributed by atoms with Crippen LogP contribution in [0.5, 0.6) is 5.75 Å². The first-order valence-corrected chi connectivity index (χ1v) is 7.70. The van der Waals surface area contributed by atoms with Crippen molar-refractivity contribution in [1.82, 2.24) is 10.3 Å². The van der Waals surface area contributed by atoms with E-state index in [0.717, 1.165) is 18.0 Å². The summed E-state index contributed by atoms with van der Waals surface area (Å²) in [7, 11) is 0. The van der Waals surface area contributed by atoms with E-state index >= 15 is 0 Å². The Bertz CT molecular complexity index is 429. The van der Waals surface area contributed by atoms with Crippen LogP contribution in [0.15, 0.2) is 6.20 Å². The predicted molar refractivity (Wildman–Crippen MR) is 79.5 cm³/mol. The molecule has 1 heterocycles. The molecular formula is C16H26N2O2. The van der Waals surface area contributed by atoms with Gasteiger partial charge in [0.15, 0.2) is 0 Å². The molecule has 1 aliphatic rings. The number of pyridine rings is 1. The van der Waals surface area contributed by atoms with E-state index in [0.29, 0.717) is 17.8 Å². The van der Waals surface area contributed by atoms with Gasteiger partial charge in [-0.3, -0.25) is 4.98 Å². The van der Waals surface area contributed by atoms with Crippen LogP contribution >= 0.6 is 0 Å². The van der Waals surface area contributed by atoms with Crippen molar-refractivity contribution in [2.24, 2.45) is 5.92 Å². The summed E-state index contributed by atoms with van der Waals surface area (Å²) in [5.74, 6) is 1.14. The molecule has 0 unspecified atom stereocenters. The monoisotopic (exact) mass is 278 g/mol. The minimum Gasteiger partial charge on any atom is -0.506 e. The zero-order valence-corrected chi connectivity index (χ0v) is 12.4. The average Bonchev–Trinajstić information content (AvgIpc) is 2.96. The number of aliphatic hydroxyl groups is 1. The van der Waals surface area contributed by atoms with E-state index in [1.165, 1.54) is 38.5 Å². The number of aryl methyl sites for hydroxylation is 1. The third-order valence-electron chi connectivity index (χ3n) is 4.34. The second-order valence-corrected chi connectivity index (χ2v) is 5.82. The number of hydrogen-bond donors (Lipinski definition) is 3. The maximum absolute atomic E-state index is 10.0. The minimum absolute atomic E-state index is 0.0834. The Kier molecular flexibility index (Phi) is 5.80. The molecule has 0 amide bonds. The molecule has 1 saturated carbocycles. The van der Waals surface area contributed by atoms with Crippen LogP contribution in [-0.2, 0) is 13.2 Å². The van der Waals surface area contributed by atoms with E-state index < -0.39 is 0 Å². The Hall–Kier alpha value is -1.13. The lowest BCUT2D eigenvalue weighted by Crippen LogP contribution is -2.17. The standard InChI is InChI=1S/C16H26N2O2/c1-12-16(20)15(14(11-19)9-18-12)10-17-8-4-7-13-5-2-3-6-13/h9,13,17,19-20H,2-8,10-11H2,1H3. The van der Waals surface area contributed by atoms with Crippen molar-refractivity contribution in [2.75, 3.05) is 6.54 Å². The van der Waals surface area contributed by atoms with E-state index in [1.54, 1.807) is 13.1 Å². The van der Waals surface area contributed by atoms with Crippen LogP contribution < -0.4 is 5.32 Å². The van der Waals surface area contributed by atoms with Gasteiger partial charge in [0.1, 0.15) is 5.75 Å². The van der Waals surface area contributed by atoms with Crippen LogP contribution in [0.2, 0.25) is 0 Å². The molecule has 0 atom stereocenters. The molecule has 0 aromatic carbocycles. The van der Waals surface area contributed by atoms with Crippen LogP contribution in [0, 0.1) is 12.8 Å². The average molecular weight is 278 g/mol. The molecule has 0 spiro atoms. The molecule has 3 N–H and O–H groups in total. The molecule has 20 heavy (non-hydrogen) atoms. The van der Waals surface area contributed by atoms with Gasteiger partial charge >= 0.3 is 0 Å². The van der Waals surface area contributed by atoms with E-state index in [4.69, 9.17) is 0 Å². The molecule has 1 aromatic rings. The van der Waals surface area contributed by atoms with Crippen LogP contribution in [0.3, 0.4) is 0 Å². The van der Waals surface area contributed by atoms with Gasteiger partial charge < -0.3 is 15.5 Å². The number of rotatable bonds is 7. The Labute approximate surface area is 121 Å². The van der Waals surface area contributed by atoms with Crippen LogP contribution in [0.1, 0.15) is 55.3 Å². The first-order chi connectivity index (χ1) is 9.72. The summed E-state index contributed by atoms with van der Waals surface area (Å²) in [6.45, 7) is 3.25. The lowest BCUT2D eigenvalue weighted by atomic mass is 10.0. The van der Waals surface area contributed by atoms with E-state index in [9.17, 15) is 10.2 Å². The summed E-state index contributed by atoms with van der Waals surface area (Å²) in [6.07, 6.45) is 9.75. The SMILES string of the molecule is Cc1ncc(CO)c(CNCCCC2CCCC2)c1O. The number of aromatic nitrogens is 1. The molecule has 0 aliphatic heterocycles. The molecule has 2 rings (SSSR count). The summed E-state index contributed by atoms with van der Waals surface area (Å²) in [5.41, 5.74) is 2.10. The highest BCUT2D eigenvalue weighted by atomic mass is 16.3. The number of aromatic hydroxyl groups is 1. The minimum atomic E-state index is -0.0834. The number of aliphatic hydroxyl groups excluding tert-OH is 1. The topological polar surface area (TPSA) is 65.4 Å². The van der Waals surface area contributed by atoms with Gasteiger partial charge in [0.2, 0.25) is 0 Å². The Balaban J connectivity index is 1.77. The Morgan fingerprint density at radius 2 is 2.10 bits per heavy atom. The largest absolute Gasteiger partial charge is 0.506 e. The predicted octanol–water partition coefficient (Wildman–Crippen LogP) is 2.65. The third-order valence-corrected chi connectivity index (χ3v) is 4.34. The molecule has 0 bridgehead atoms. The van der Waals surface area contributed by atoms with E-state index in [1.807, 2.05) is 0 Å². The van der Waals surface area contributed by atoms with Crippen molar-refractivity contribution in [3.8, 4) is 5.75 Å². The fourth-order valence-corrected chi connectivity index (χ4v) is 3.05. The van der Waals surface area contributed by atoms with Crippen molar-refractivity contribution in [3.05, 3.63) is 23.0 Å². The molecule has 4 heteroatoms. The highest BCUT2D eigenvalue weighted by Crippen LogP contribution is 2.28. The second-order valence-electron chi connectivity index (χ2n) is 5.82. The molecule has 0 saturated heterocycles. The van der Waals surface area contributed by atoms with Crippen LogP contribution in [-0.4, -0.2) is 21.7 Å². The first kappa shape index (κ1) is 15.3. The van der Waals surface area contributed by atoms with Gasteiger partial charge in [-0.25, -0.2) is 0 Å². The summed E-state index contributed by atoms with van der Waals surface area (Å²) in [5, 5.41) is 22.7. The number of hydrogen-bond acceptors (Lipinski definition) is 4. The van der Waals surface area contributed by atoms with Crippen molar-refractivity contribution in [3.63, 3.8) is 0 Å². The van der Waals surface area contributed by atoms with Crippen LogP contribution in [0.4, 0.5) is 0 Å². The van der Waals surface area contributed by atoms with Gasteiger partial charge in [0.25, 0.3) is 0 Å². The quantitative estimate of drug-likeness (QED) is 0.671. The third kappa shape index (κ3) is 3.93.